The Balaban J connectivity index is 1.74. The first-order chi connectivity index (χ1) is 7.83. The molecule has 1 heterocycles. The van der Waals surface area contributed by atoms with Gasteiger partial charge < -0.3 is 5.32 Å². The minimum absolute atomic E-state index is 0.703. The van der Waals surface area contributed by atoms with Gasteiger partial charge in [-0.25, -0.2) is 0 Å². The van der Waals surface area contributed by atoms with Crippen LogP contribution >= 0.6 is 0 Å². The van der Waals surface area contributed by atoms with E-state index in [1.807, 2.05) is 0 Å². The summed E-state index contributed by atoms with van der Waals surface area (Å²) in [6, 6.07) is 2.98. The van der Waals surface area contributed by atoms with E-state index in [1.165, 1.54) is 50.6 Å². The summed E-state index contributed by atoms with van der Waals surface area (Å²) >= 11 is 0. The van der Waals surface area contributed by atoms with E-state index >= 15 is 0 Å². The Bertz CT molecular complexity index is 359. The molecule has 3 heteroatoms. The summed E-state index contributed by atoms with van der Waals surface area (Å²) in [5.41, 5.74) is 1.43. The molecule has 16 heavy (non-hydrogen) atoms. The number of aromatic nitrogens is 2. The molecule has 0 spiro atoms. The summed E-state index contributed by atoms with van der Waals surface area (Å²) in [6.45, 7) is 0. The van der Waals surface area contributed by atoms with Crippen molar-refractivity contribution in [1.82, 2.24) is 9.78 Å². The molecular weight excluding hydrogens is 198 g/mol. The normalized spacial score (nSPS) is 22.3. The van der Waals surface area contributed by atoms with Gasteiger partial charge in [-0.05, 0) is 25.7 Å². The molecule has 1 N–H and O–H groups in total. The van der Waals surface area contributed by atoms with Crippen LogP contribution in [0.2, 0.25) is 0 Å². The highest BCUT2D eigenvalue weighted by Crippen LogP contribution is 2.34. The van der Waals surface area contributed by atoms with E-state index in [2.05, 4.69) is 28.2 Å². The monoisotopic (exact) mass is 219 g/mol. The van der Waals surface area contributed by atoms with Gasteiger partial charge >= 0.3 is 0 Å². The van der Waals surface area contributed by atoms with Gasteiger partial charge in [-0.3, -0.25) is 4.68 Å². The Labute approximate surface area is 97.2 Å². The van der Waals surface area contributed by atoms with Crippen molar-refractivity contribution in [3.05, 3.63) is 11.8 Å². The topological polar surface area (TPSA) is 29.9 Å². The zero-order valence-corrected chi connectivity index (χ0v) is 10.1. The fourth-order valence-corrected chi connectivity index (χ4v) is 2.77. The minimum Gasteiger partial charge on any atom is -0.366 e. The lowest BCUT2D eigenvalue weighted by Crippen LogP contribution is -2.09. The minimum atomic E-state index is 0.703. The molecule has 0 amide bonds. The number of rotatable bonds is 3. The fourth-order valence-electron chi connectivity index (χ4n) is 2.77. The average Bonchev–Trinajstić information content (AvgIpc) is 3.03. The third-order valence-corrected chi connectivity index (χ3v) is 3.87. The van der Waals surface area contributed by atoms with Crippen LogP contribution in [0.1, 0.15) is 56.6 Å². The van der Waals surface area contributed by atoms with Crippen molar-refractivity contribution in [3.8, 4) is 0 Å². The van der Waals surface area contributed by atoms with E-state index in [0.717, 1.165) is 11.7 Å². The van der Waals surface area contributed by atoms with E-state index in [0.29, 0.717) is 6.04 Å². The molecule has 3 nitrogen and oxygen atoms in total. The molecule has 0 saturated heterocycles. The summed E-state index contributed by atoms with van der Waals surface area (Å²) in [4.78, 5) is 0. The summed E-state index contributed by atoms with van der Waals surface area (Å²) < 4.78 is 2.08. The van der Waals surface area contributed by atoms with Crippen molar-refractivity contribution in [2.75, 3.05) is 5.32 Å². The number of nitrogens with one attached hydrogen (secondary N) is 1. The molecule has 2 aliphatic rings. The maximum Gasteiger partial charge on any atom is 0.148 e. The van der Waals surface area contributed by atoms with Gasteiger partial charge in [0.1, 0.15) is 5.82 Å². The van der Waals surface area contributed by atoms with Gasteiger partial charge in [-0.2, -0.15) is 5.10 Å². The van der Waals surface area contributed by atoms with Gasteiger partial charge in [0.15, 0.2) is 0 Å². The summed E-state index contributed by atoms with van der Waals surface area (Å²) in [5, 5.41) is 8.06. The Morgan fingerprint density at radius 1 is 1.19 bits per heavy atom. The van der Waals surface area contributed by atoms with Crippen LogP contribution in [0.5, 0.6) is 0 Å². The van der Waals surface area contributed by atoms with Gasteiger partial charge in [0.2, 0.25) is 0 Å². The summed E-state index contributed by atoms with van der Waals surface area (Å²) in [7, 11) is 2.09. The molecule has 0 radical (unpaired) electrons. The first-order valence-electron chi connectivity index (χ1n) is 6.63. The van der Waals surface area contributed by atoms with E-state index < -0.39 is 0 Å². The van der Waals surface area contributed by atoms with Crippen molar-refractivity contribution in [2.45, 2.75) is 56.9 Å². The Kier molecular flexibility index (Phi) is 2.62. The largest absolute Gasteiger partial charge is 0.366 e. The van der Waals surface area contributed by atoms with Crippen LogP contribution in [0.3, 0.4) is 0 Å². The zero-order valence-electron chi connectivity index (χ0n) is 10.1. The lowest BCUT2D eigenvalue weighted by molar-refractivity contribution is 0.424. The van der Waals surface area contributed by atoms with E-state index in [-0.39, 0.29) is 0 Å². The molecule has 3 rings (SSSR count). The number of hydrogen-bond acceptors (Lipinski definition) is 2. The van der Waals surface area contributed by atoms with Crippen LogP contribution in [-0.4, -0.2) is 15.8 Å². The number of nitrogens with zero attached hydrogens (tertiary/aromatic N) is 2. The molecule has 2 saturated carbocycles. The second-order valence-electron chi connectivity index (χ2n) is 5.33. The molecule has 0 aromatic carbocycles. The second-order valence-corrected chi connectivity index (χ2v) is 5.33. The molecule has 2 aliphatic carbocycles. The van der Waals surface area contributed by atoms with Gasteiger partial charge in [0, 0.05) is 30.8 Å². The smallest absolute Gasteiger partial charge is 0.148 e. The number of hydrogen-bond donors (Lipinski definition) is 1. The van der Waals surface area contributed by atoms with Crippen LogP contribution in [0.25, 0.3) is 0 Å². The number of aryl methyl sites for hydroxylation is 1. The Hall–Kier alpha value is -0.990. The predicted octanol–water partition coefficient (Wildman–Crippen LogP) is 3.04. The summed E-state index contributed by atoms with van der Waals surface area (Å²) in [5.74, 6) is 1.84. The molecule has 0 bridgehead atoms. The van der Waals surface area contributed by atoms with Crippen molar-refractivity contribution in [1.29, 1.82) is 0 Å². The fraction of sp³-hybridized carbons (Fsp3) is 0.769. The molecular formula is C13H21N3. The van der Waals surface area contributed by atoms with Crippen LogP contribution in [0.15, 0.2) is 6.07 Å². The third-order valence-electron chi connectivity index (χ3n) is 3.87. The van der Waals surface area contributed by atoms with E-state index in [1.54, 1.807) is 0 Å². The van der Waals surface area contributed by atoms with Crippen molar-refractivity contribution in [2.24, 2.45) is 7.05 Å². The van der Waals surface area contributed by atoms with Crippen molar-refractivity contribution < 1.29 is 0 Å². The molecule has 0 atom stereocenters. The second kappa shape index (κ2) is 4.11. The maximum absolute atomic E-state index is 4.57. The average molecular weight is 219 g/mol. The lowest BCUT2D eigenvalue weighted by atomic mass is 9.87. The molecule has 0 aliphatic heterocycles. The van der Waals surface area contributed by atoms with E-state index in [4.69, 9.17) is 0 Å². The first-order valence-corrected chi connectivity index (χ1v) is 6.63. The third kappa shape index (κ3) is 2.08. The zero-order chi connectivity index (χ0) is 11.0. The molecule has 1 aromatic rings. The van der Waals surface area contributed by atoms with E-state index in [9.17, 15) is 0 Å². The van der Waals surface area contributed by atoms with Gasteiger partial charge in [-0.15, -0.1) is 0 Å². The number of anilines is 1. The highest BCUT2D eigenvalue weighted by atomic mass is 15.3. The Morgan fingerprint density at radius 2 is 1.94 bits per heavy atom. The van der Waals surface area contributed by atoms with Gasteiger partial charge in [0.05, 0.1) is 0 Å². The van der Waals surface area contributed by atoms with Gasteiger partial charge in [-0.1, -0.05) is 19.3 Å². The van der Waals surface area contributed by atoms with Crippen molar-refractivity contribution in [3.63, 3.8) is 0 Å². The van der Waals surface area contributed by atoms with Crippen LogP contribution in [0, 0.1) is 0 Å². The SMILES string of the molecule is Cn1nc(NC2CC2)cc1C1CCCCC1. The molecule has 1 aromatic heterocycles. The van der Waals surface area contributed by atoms with Crippen LogP contribution in [-0.2, 0) is 7.05 Å². The van der Waals surface area contributed by atoms with Crippen LogP contribution < -0.4 is 5.32 Å². The molecule has 0 unspecified atom stereocenters. The molecule has 88 valence electrons. The maximum atomic E-state index is 4.57. The van der Waals surface area contributed by atoms with Crippen molar-refractivity contribution >= 4 is 5.82 Å². The van der Waals surface area contributed by atoms with Gasteiger partial charge in [0.25, 0.3) is 0 Å². The Morgan fingerprint density at radius 3 is 2.62 bits per heavy atom. The standard InChI is InChI=1S/C13H21N3/c1-16-12(10-5-3-2-4-6-10)9-13(15-16)14-11-7-8-11/h9-11H,2-8H2,1H3,(H,14,15). The first kappa shape index (κ1) is 10.2. The summed E-state index contributed by atoms with van der Waals surface area (Å²) in [6.07, 6.45) is 9.53. The highest BCUT2D eigenvalue weighted by molar-refractivity contribution is 5.39. The predicted molar refractivity (Wildman–Crippen MR) is 65.7 cm³/mol. The highest BCUT2D eigenvalue weighted by Gasteiger charge is 2.24. The molecule has 2 fully saturated rings. The van der Waals surface area contributed by atoms with Crippen LogP contribution in [0.4, 0.5) is 5.82 Å². The quantitative estimate of drug-likeness (QED) is 0.846. The lowest BCUT2D eigenvalue weighted by Gasteiger charge is -2.21.